The quantitative estimate of drug-likeness (QED) is 0.288. The molecule has 0 aromatic heterocycles. The van der Waals surface area contributed by atoms with Crippen LogP contribution in [0.25, 0.3) is 6.08 Å². The Morgan fingerprint density at radius 3 is 2.50 bits per heavy atom. The number of methoxy groups -OCH3 is 2. The topological polar surface area (TPSA) is 68.1 Å². The molecule has 1 fully saturated rings. The van der Waals surface area contributed by atoms with Gasteiger partial charge in [0, 0.05) is 6.21 Å². The van der Waals surface area contributed by atoms with Crippen molar-refractivity contribution in [2.24, 2.45) is 4.99 Å². The second-order valence-corrected chi connectivity index (χ2v) is 4.91. The average Bonchev–Trinajstić information content (AvgIpc) is 3.37. The highest BCUT2D eigenvalue weighted by Crippen LogP contribution is 2.23. The van der Waals surface area contributed by atoms with E-state index in [0.29, 0.717) is 0 Å². The van der Waals surface area contributed by atoms with Crippen molar-refractivity contribution in [1.82, 2.24) is 0 Å². The number of carbonyl (C=O) groups excluding carboxylic acids is 1. The minimum Gasteiger partial charge on any atom is -0.507 e. The van der Waals surface area contributed by atoms with Crippen molar-refractivity contribution in [3.63, 3.8) is 0 Å². The normalized spacial score (nSPS) is 15.9. The first-order valence-electron chi connectivity index (χ1n) is 7.01. The number of aliphatic hydroxyl groups is 1. The molecular formula is C17H19NO4. The van der Waals surface area contributed by atoms with Gasteiger partial charge < -0.3 is 14.6 Å². The molecule has 0 aliphatic heterocycles. The van der Waals surface area contributed by atoms with Crippen LogP contribution in [-0.2, 0) is 9.53 Å². The van der Waals surface area contributed by atoms with E-state index < -0.39 is 5.97 Å². The summed E-state index contributed by atoms with van der Waals surface area (Å²) in [7, 11) is 2.87. The molecule has 1 N–H and O–H groups in total. The van der Waals surface area contributed by atoms with Crippen LogP contribution in [-0.4, -0.2) is 37.6 Å². The smallest absolute Gasteiger partial charge is 0.343 e. The summed E-state index contributed by atoms with van der Waals surface area (Å²) in [6, 6.07) is 7.59. The zero-order valence-corrected chi connectivity index (χ0v) is 12.7. The predicted octanol–water partition coefficient (Wildman–Crippen LogP) is 2.93. The maximum absolute atomic E-state index is 11.7. The molecule has 22 heavy (non-hydrogen) atoms. The zero-order chi connectivity index (χ0) is 15.9. The molecule has 5 heteroatoms. The SMILES string of the molecule is COC(=O)C(C=NC1CC1)=C(O)/C=C/c1ccc(OC)cc1. The molecule has 1 aliphatic rings. The van der Waals surface area contributed by atoms with E-state index in [1.165, 1.54) is 19.4 Å². The van der Waals surface area contributed by atoms with Gasteiger partial charge in [0.1, 0.15) is 17.1 Å². The summed E-state index contributed by atoms with van der Waals surface area (Å²) in [5.74, 6) is -0.0305. The second kappa shape index (κ2) is 7.45. The fourth-order valence-electron chi connectivity index (χ4n) is 1.72. The van der Waals surface area contributed by atoms with E-state index in [9.17, 15) is 9.90 Å². The summed E-state index contributed by atoms with van der Waals surface area (Å²) >= 11 is 0. The van der Waals surface area contributed by atoms with Crippen LogP contribution in [0.4, 0.5) is 0 Å². The van der Waals surface area contributed by atoms with Crippen molar-refractivity contribution < 1.29 is 19.4 Å². The van der Waals surface area contributed by atoms with Crippen molar-refractivity contribution in [2.75, 3.05) is 14.2 Å². The highest BCUT2D eigenvalue weighted by molar-refractivity contribution is 6.10. The van der Waals surface area contributed by atoms with Crippen LogP contribution in [0.15, 0.2) is 46.7 Å². The zero-order valence-electron chi connectivity index (χ0n) is 12.7. The summed E-state index contributed by atoms with van der Waals surface area (Å²) in [5, 5.41) is 10.1. The maximum atomic E-state index is 11.7. The Morgan fingerprint density at radius 1 is 1.27 bits per heavy atom. The minimum atomic E-state index is -0.610. The third kappa shape index (κ3) is 4.48. The molecule has 0 radical (unpaired) electrons. The van der Waals surface area contributed by atoms with Crippen molar-refractivity contribution in [3.8, 4) is 5.75 Å². The molecule has 0 saturated heterocycles. The van der Waals surface area contributed by atoms with E-state index in [4.69, 9.17) is 4.74 Å². The van der Waals surface area contributed by atoms with Crippen LogP contribution in [0.2, 0.25) is 0 Å². The van der Waals surface area contributed by atoms with Crippen LogP contribution in [0.3, 0.4) is 0 Å². The average molecular weight is 301 g/mol. The van der Waals surface area contributed by atoms with Gasteiger partial charge in [0.25, 0.3) is 0 Å². The van der Waals surface area contributed by atoms with Crippen LogP contribution in [0.1, 0.15) is 18.4 Å². The van der Waals surface area contributed by atoms with Crippen molar-refractivity contribution >= 4 is 18.3 Å². The van der Waals surface area contributed by atoms with E-state index in [1.807, 2.05) is 24.3 Å². The lowest BCUT2D eigenvalue weighted by Crippen LogP contribution is -2.09. The predicted molar refractivity (Wildman–Crippen MR) is 85.2 cm³/mol. The first-order valence-corrected chi connectivity index (χ1v) is 7.01. The lowest BCUT2D eigenvalue weighted by atomic mass is 10.1. The van der Waals surface area contributed by atoms with Crippen LogP contribution >= 0.6 is 0 Å². The van der Waals surface area contributed by atoms with E-state index in [0.717, 1.165) is 24.2 Å². The molecule has 1 aromatic rings. The third-order valence-electron chi connectivity index (χ3n) is 3.19. The number of carbonyl (C=O) groups is 1. The van der Waals surface area contributed by atoms with Gasteiger partial charge in [0.2, 0.25) is 0 Å². The summed E-state index contributed by atoms with van der Waals surface area (Å²) in [6.07, 6.45) is 6.58. The van der Waals surface area contributed by atoms with E-state index in [2.05, 4.69) is 9.73 Å². The van der Waals surface area contributed by atoms with Gasteiger partial charge >= 0.3 is 5.97 Å². The van der Waals surface area contributed by atoms with Crippen molar-refractivity contribution in [1.29, 1.82) is 0 Å². The number of nitrogens with zero attached hydrogens (tertiary/aromatic N) is 1. The largest absolute Gasteiger partial charge is 0.507 e. The number of esters is 1. The van der Waals surface area contributed by atoms with Gasteiger partial charge in [-0.2, -0.15) is 0 Å². The molecule has 1 aromatic carbocycles. The molecule has 0 unspecified atom stereocenters. The van der Waals surface area contributed by atoms with E-state index >= 15 is 0 Å². The van der Waals surface area contributed by atoms with Gasteiger partial charge in [0.15, 0.2) is 0 Å². The number of aliphatic hydroxyl groups excluding tert-OH is 1. The fourth-order valence-corrected chi connectivity index (χ4v) is 1.72. The van der Waals surface area contributed by atoms with Gasteiger partial charge in [-0.15, -0.1) is 0 Å². The molecular weight excluding hydrogens is 282 g/mol. The second-order valence-electron chi connectivity index (χ2n) is 4.91. The standard InChI is InChI=1S/C17H19NO4/c1-21-14-8-3-12(4-9-14)5-10-16(19)15(17(20)22-2)11-18-13-6-7-13/h3-5,8-11,13,19H,6-7H2,1-2H3/b10-5+,16-15?,18-11?. The Hall–Kier alpha value is -2.56. The Labute approximate surface area is 129 Å². The molecule has 2 rings (SSSR count). The first-order chi connectivity index (χ1) is 10.6. The summed E-state index contributed by atoms with van der Waals surface area (Å²) in [4.78, 5) is 15.9. The number of benzene rings is 1. The molecule has 0 heterocycles. The fraction of sp³-hybridized carbons (Fsp3) is 0.294. The highest BCUT2D eigenvalue weighted by atomic mass is 16.5. The molecule has 1 saturated carbocycles. The molecule has 0 atom stereocenters. The number of aliphatic imine (C=N–C) groups is 1. The van der Waals surface area contributed by atoms with Gasteiger partial charge in [-0.1, -0.05) is 18.2 Å². The number of hydrogen-bond donors (Lipinski definition) is 1. The van der Waals surface area contributed by atoms with Gasteiger partial charge in [-0.25, -0.2) is 4.79 Å². The monoisotopic (exact) mass is 301 g/mol. The maximum Gasteiger partial charge on any atom is 0.343 e. The van der Waals surface area contributed by atoms with Gasteiger partial charge in [-0.05, 0) is 36.6 Å². The molecule has 0 bridgehead atoms. The third-order valence-corrected chi connectivity index (χ3v) is 3.19. The van der Waals surface area contributed by atoms with Crippen molar-refractivity contribution in [2.45, 2.75) is 18.9 Å². The molecule has 116 valence electrons. The van der Waals surface area contributed by atoms with E-state index in [1.54, 1.807) is 13.2 Å². The Balaban J connectivity index is 2.17. The number of ether oxygens (including phenoxy) is 2. The van der Waals surface area contributed by atoms with Gasteiger partial charge in [-0.3, -0.25) is 4.99 Å². The first kappa shape index (κ1) is 15.8. The minimum absolute atomic E-state index is 0.0548. The lowest BCUT2D eigenvalue weighted by molar-refractivity contribution is -0.135. The highest BCUT2D eigenvalue weighted by Gasteiger charge is 2.20. The summed E-state index contributed by atoms with van der Waals surface area (Å²) in [6.45, 7) is 0. The van der Waals surface area contributed by atoms with Gasteiger partial charge in [0.05, 0.1) is 20.3 Å². The Bertz CT molecular complexity index is 610. The molecule has 1 aliphatic carbocycles. The van der Waals surface area contributed by atoms with Crippen molar-refractivity contribution in [3.05, 3.63) is 47.2 Å². The molecule has 5 nitrogen and oxygen atoms in total. The Morgan fingerprint density at radius 2 is 1.95 bits per heavy atom. The summed E-state index contributed by atoms with van der Waals surface area (Å²) < 4.78 is 9.75. The number of allylic oxidation sites excluding steroid dienone is 1. The number of rotatable bonds is 6. The Kier molecular flexibility index (Phi) is 5.36. The summed E-state index contributed by atoms with van der Waals surface area (Å²) in [5.41, 5.74) is 0.926. The van der Waals surface area contributed by atoms with E-state index in [-0.39, 0.29) is 17.4 Å². The van der Waals surface area contributed by atoms with Crippen LogP contribution in [0.5, 0.6) is 5.75 Å². The number of hydrogen-bond acceptors (Lipinski definition) is 5. The lowest BCUT2D eigenvalue weighted by Gasteiger charge is -2.02. The molecule has 0 amide bonds. The van der Waals surface area contributed by atoms with Crippen LogP contribution in [0, 0.1) is 0 Å². The van der Waals surface area contributed by atoms with Crippen LogP contribution < -0.4 is 4.74 Å². The molecule has 0 spiro atoms.